The van der Waals surface area contributed by atoms with Crippen LogP contribution in [0.25, 0.3) is 0 Å². The molecule has 1 aliphatic carbocycles. The van der Waals surface area contributed by atoms with Crippen LogP contribution in [0.4, 0.5) is 0 Å². The maximum Gasteiger partial charge on any atom is 0.304 e. The molecule has 150 valence electrons. The first-order valence-corrected chi connectivity index (χ1v) is 11.2. The van der Waals surface area contributed by atoms with Gasteiger partial charge in [0, 0.05) is 17.9 Å². The number of hydrogen-bond donors (Lipinski definition) is 2. The van der Waals surface area contributed by atoms with E-state index >= 15 is 0 Å². The van der Waals surface area contributed by atoms with Crippen molar-refractivity contribution in [3.63, 3.8) is 0 Å². The zero-order valence-corrected chi connectivity index (χ0v) is 18.0. The quantitative estimate of drug-likeness (QED) is 0.313. The fraction of sp³-hybridized carbons (Fsp3) is 0.750. The number of carboxylic acids is 1. The number of thiol groups is 1. The summed E-state index contributed by atoms with van der Waals surface area (Å²) in [6.45, 7) is 6.98. The van der Waals surface area contributed by atoms with Crippen molar-refractivity contribution in [3.8, 4) is 0 Å². The van der Waals surface area contributed by atoms with Crippen LogP contribution in [-0.4, -0.2) is 46.1 Å². The Labute approximate surface area is 168 Å². The van der Waals surface area contributed by atoms with Gasteiger partial charge in [0.15, 0.2) is 0 Å². The van der Waals surface area contributed by atoms with Gasteiger partial charge in [0.1, 0.15) is 11.4 Å². The monoisotopic (exact) mass is 402 g/mol. The van der Waals surface area contributed by atoms with E-state index in [0.29, 0.717) is 18.1 Å². The Hall–Kier alpha value is -0.590. The number of aliphatic carboxylic acids is 1. The third kappa shape index (κ3) is 9.38. The van der Waals surface area contributed by atoms with Gasteiger partial charge >= 0.3 is 5.97 Å². The number of rotatable bonds is 14. The Morgan fingerprint density at radius 2 is 2.04 bits per heavy atom. The van der Waals surface area contributed by atoms with E-state index in [-0.39, 0.29) is 17.6 Å². The van der Waals surface area contributed by atoms with E-state index in [1.165, 1.54) is 0 Å². The van der Waals surface area contributed by atoms with Crippen molar-refractivity contribution in [3.05, 3.63) is 24.0 Å². The molecule has 1 N–H and O–H groups in total. The molecule has 0 fully saturated rings. The zero-order chi connectivity index (χ0) is 19.5. The normalized spacial score (nSPS) is 18.7. The summed E-state index contributed by atoms with van der Waals surface area (Å²) in [6, 6.07) is 0. The minimum Gasteiger partial charge on any atom is -0.488 e. The molecule has 0 heterocycles. The summed E-state index contributed by atoms with van der Waals surface area (Å²) in [7, 11) is 0. The van der Waals surface area contributed by atoms with Crippen LogP contribution in [0.3, 0.4) is 0 Å². The second kappa shape index (κ2) is 12.0. The SMILES string of the molecule is CCC(C)(CCOC(C)(CS)CCSCCC(=O)O)OC1=CCCC=C1. The second-order valence-corrected chi connectivity index (χ2v) is 8.75. The summed E-state index contributed by atoms with van der Waals surface area (Å²) in [5, 5.41) is 8.68. The standard InChI is InChI=1S/C20H34O4S2/c1-4-19(2,24-17-8-6-5-7-9-17)11-13-23-20(3,16-25)12-15-26-14-10-18(21)22/h6,8-9,25H,4-5,7,10-16H2,1-3H3,(H,21,22). The molecule has 6 heteroatoms. The first-order chi connectivity index (χ1) is 12.3. The Morgan fingerprint density at radius 1 is 1.27 bits per heavy atom. The van der Waals surface area contributed by atoms with Gasteiger partial charge in [-0.1, -0.05) is 13.0 Å². The number of thioether (sulfide) groups is 1. The summed E-state index contributed by atoms with van der Waals surface area (Å²) in [4.78, 5) is 10.6. The van der Waals surface area contributed by atoms with Crippen molar-refractivity contribution in [2.24, 2.45) is 0 Å². The number of ether oxygens (including phenoxy) is 2. The molecule has 0 aromatic carbocycles. The summed E-state index contributed by atoms with van der Waals surface area (Å²) in [6.07, 6.45) is 11.3. The van der Waals surface area contributed by atoms with Crippen LogP contribution >= 0.6 is 24.4 Å². The fourth-order valence-corrected chi connectivity index (χ4v) is 3.86. The van der Waals surface area contributed by atoms with Gasteiger partial charge < -0.3 is 14.6 Å². The Balaban J connectivity index is 2.38. The molecule has 0 saturated carbocycles. The molecule has 0 bridgehead atoms. The average molecular weight is 403 g/mol. The first kappa shape index (κ1) is 23.4. The summed E-state index contributed by atoms with van der Waals surface area (Å²) >= 11 is 6.11. The molecule has 0 aliphatic heterocycles. The van der Waals surface area contributed by atoms with E-state index in [0.717, 1.165) is 43.6 Å². The minimum atomic E-state index is -0.743. The zero-order valence-electron chi connectivity index (χ0n) is 16.3. The highest BCUT2D eigenvalue weighted by atomic mass is 32.2. The van der Waals surface area contributed by atoms with Crippen LogP contribution in [0.5, 0.6) is 0 Å². The Morgan fingerprint density at radius 3 is 2.62 bits per heavy atom. The van der Waals surface area contributed by atoms with Gasteiger partial charge in [-0.2, -0.15) is 24.4 Å². The highest BCUT2D eigenvalue weighted by Crippen LogP contribution is 2.28. The number of carbonyl (C=O) groups is 1. The molecule has 0 spiro atoms. The van der Waals surface area contributed by atoms with Gasteiger partial charge in [-0.15, -0.1) is 0 Å². The molecular weight excluding hydrogens is 368 g/mol. The van der Waals surface area contributed by atoms with Gasteiger partial charge in [0.25, 0.3) is 0 Å². The maximum atomic E-state index is 10.6. The van der Waals surface area contributed by atoms with Gasteiger partial charge in [0.05, 0.1) is 18.6 Å². The molecule has 1 aliphatic rings. The molecule has 0 saturated heterocycles. The van der Waals surface area contributed by atoms with Crippen molar-refractivity contribution in [2.75, 3.05) is 23.9 Å². The predicted molar refractivity (Wildman–Crippen MR) is 113 cm³/mol. The van der Waals surface area contributed by atoms with E-state index in [9.17, 15) is 4.79 Å². The number of hydrogen-bond acceptors (Lipinski definition) is 5. The van der Waals surface area contributed by atoms with E-state index in [2.05, 4.69) is 51.6 Å². The highest BCUT2D eigenvalue weighted by Gasteiger charge is 2.28. The fourth-order valence-electron chi connectivity index (χ4n) is 2.51. The van der Waals surface area contributed by atoms with E-state index in [1.807, 2.05) is 0 Å². The molecule has 2 atom stereocenters. The summed E-state index contributed by atoms with van der Waals surface area (Å²) < 4.78 is 12.4. The molecule has 2 unspecified atom stereocenters. The van der Waals surface area contributed by atoms with Crippen LogP contribution in [0.1, 0.15) is 59.3 Å². The largest absolute Gasteiger partial charge is 0.488 e. The van der Waals surface area contributed by atoms with Crippen LogP contribution < -0.4 is 0 Å². The molecule has 0 aromatic heterocycles. The van der Waals surface area contributed by atoms with Crippen LogP contribution in [0.2, 0.25) is 0 Å². The predicted octanol–water partition coefficient (Wildman–Crippen LogP) is 5.10. The lowest BCUT2D eigenvalue weighted by Gasteiger charge is -2.34. The molecule has 0 amide bonds. The number of carboxylic acid groups (broad SMARTS) is 1. The van der Waals surface area contributed by atoms with E-state index < -0.39 is 5.97 Å². The molecule has 0 radical (unpaired) electrons. The van der Waals surface area contributed by atoms with Gasteiger partial charge in [-0.05, 0) is 57.4 Å². The third-order valence-corrected chi connectivity index (χ3v) is 6.38. The minimum absolute atomic E-state index is 0.208. The Bertz CT molecular complexity index is 492. The maximum absolute atomic E-state index is 10.6. The Kier molecular flexibility index (Phi) is 10.8. The summed E-state index contributed by atoms with van der Waals surface area (Å²) in [5.41, 5.74) is -0.529. The lowest BCUT2D eigenvalue weighted by molar-refractivity contribution is -0.136. The van der Waals surface area contributed by atoms with Gasteiger partial charge in [0.2, 0.25) is 0 Å². The average Bonchev–Trinajstić information content (AvgIpc) is 2.62. The van der Waals surface area contributed by atoms with Gasteiger partial charge in [-0.3, -0.25) is 4.79 Å². The van der Waals surface area contributed by atoms with Crippen LogP contribution in [0, 0.1) is 0 Å². The molecule has 1 rings (SSSR count). The lowest BCUT2D eigenvalue weighted by Crippen LogP contribution is -2.35. The van der Waals surface area contributed by atoms with Crippen molar-refractivity contribution in [1.29, 1.82) is 0 Å². The summed E-state index contributed by atoms with van der Waals surface area (Å²) in [5.74, 6) is 2.38. The van der Waals surface area contributed by atoms with Crippen molar-refractivity contribution in [2.45, 2.75) is 70.5 Å². The molecule has 26 heavy (non-hydrogen) atoms. The third-order valence-electron chi connectivity index (χ3n) is 4.72. The molecule has 4 nitrogen and oxygen atoms in total. The van der Waals surface area contributed by atoms with Crippen LogP contribution in [-0.2, 0) is 14.3 Å². The smallest absolute Gasteiger partial charge is 0.304 e. The molecular formula is C20H34O4S2. The van der Waals surface area contributed by atoms with Crippen molar-refractivity contribution < 1.29 is 19.4 Å². The number of allylic oxidation sites excluding steroid dienone is 3. The second-order valence-electron chi connectivity index (χ2n) is 7.20. The lowest BCUT2D eigenvalue weighted by atomic mass is 9.98. The van der Waals surface area contributed by atoms with Gasteiger partial charge in [-0.25, -0.2) is 0 Å². The van der Waals surface area contributed by atoms with Crippen molar-refractivity contribution in [1.82, 2.24) is 0 Å². The van der Waals surface area contributed by atoms with Crippen LogP contribution in [0.15, 0.2) is 24.0 Å². The van der Waals surface area contributed by atoms with E-state index in [4.69, 9.17) is 14.6 Å². The molecule has 0 aromatic rings. The topological polar surface area (TPSA) is 55.8 Å². The van der Waals surface area contributed by atoms with E-state index in [1.54, 1.807) is 11.8 Å². The first-order valence-electron chi connectivity index (χ1n) is 9.42. The highest BCUT2D eigenvalue weighted by molar-refractivity contribution is 7.99. The van der Waals surface area contributed by atoms with Crippen molar-refractivity contribution >= 4 is 30.4 Å².